The zero-order valence-corrected chi connectivity index (χ0v) is 16.0. The number of ketones is 1. The van der Waals surface area contributed by atoms with Crippen molar-refractivity contribution in [1.82, 2.24) is 10.3 Å². The monoisotopic (exact) mass is 379 g/mol. The van der Waals surface area contributed by atoms with Crippen LogP contribution in [0.4, 0.5) is 5.69 Å². The number of carbonyl (C=O) groups excluding carboxylic acids is 1. The van der Waals surface area contributed by atoms with Crippen molar-refractivity contribution in [2.24, 2.45) is 0 Å². The first-order chi connectivity index (χ1) is 13.2. The number of nitrogens with zero attached hydrogens (tertiary/aromatic N) is 2. The highest BCUT2D eigenvalue weighted by Gasteiger charge is 2.30. The number of nitrogens with one attached hydrogen (secondary N) is 1. The highest BCUT2D eigenvalue weighted by Crippen LogP contribution is 2.39. The Hall–Kier alpha value is -2.44. The molecule has 3 heterocycles. The van der Waals surface area contributed by atoms with Gasteiger partial charge < -0.3 is 15.0 Å². The number of ether oxygens (including phenoxy) is 1. The van der Waals surface area contributed by atoms with Crippen LogP contribution >= 0.6 is 11.3 Å². The van der Waals surface area contributed by atoms with Crippen molar-refractivity contribution in [3.05, 3.63) is 53.0 Å². The summed E-state index contributed by atoms with van der Waals surface area (Å²) >= 11 is 1.60. The Bertz CT molecular complexity index is 983. The lowest BCUT2D eigenvalue weighted by Gasteiger charge is -2.34. The minimum Gasteiger partial charge on any atom is -0.482 e. The summed E-state index contributed by atoms with van der Waals surface area (Å²) in [4.78, 5) is 19.8. The van der Waals surface area contributed by atoms with Gasteiger partial charge in [0.15, 0.2) is 11.9 Å². The van der Waals surface area contributed by atoms with Crippen molar-refractivity contribution in [2.75, 3.05) is 24.5 Å². The second-order valence-electron chi connectivity index (χ2n) is 7.24. The van der Waals surface area contributed by atoms with E-state index in [2.05, 4.69) is 34.3 Å². The van der Waals surface area contributed by atoms with Gasteiger partial charge in [0, 0.05) is 31.4 Å². The fourth-order valence-electron chi connectivity index (χ4n) is 3.84. The number of rotatable bonds is 2. The van der Waals surface area contributed by atoms with Crippen LogP contribution in [-0.2, 0) is 0 Å². The highest BCUT2D eigenvalue weighted by atomic mass is 32.1. The van der Waals surface area contributed by atoms with Gasteiger partial charge in [-0.05, 0) is 37.3 Å². The summed E-state index contributed by atoms with van der Waals surface area (Å²) in [6.45, 7) is 5.04. The van der Waals surface area contributed by atoms with E-state index in [9.17, 15) is 4.79 Å². The molecule has 1 saturated heterocycles. The average Bonchev–Trinajstić information content (AvgIpc) is 3.12. The van der Waals surface area contributed by atoms with Crippen LogP contribution in [0.15, 0.2) is 42.5 Å². The van der Waals surface area contributed by atoms with E-state index in [4.69, 9.17) is 4.74 Å². The van der Waals surface area contributed by atoms with Crippen molar-refractivity contribution in [2.45, 2.75) is 25.5 Å². The first kappa shape index (κ1) is 16.7. The number of hydrogen-bond donors (Lipinski definition) is 1. The number of thiazole rings is 1. The zero-order chi connectivity index (χ0) is 18.4. The molecular weight excluding hydrogens is 358 g/mol. The molecule has 0 radical (unpaired) electrons. The molecule has 1 aromatic heterocycles. The average molecular weight is 379 g/mol. The molecule has 138 valence electrons. The predicted molar refractivity (Wildman–Crippen MR) is 108 cm³/mol. The van der Waals surface area contributed by atoms with Crippen molar-refractivity contribution in [3.63, 3.8) is 0 Å². The van der Waals surface area contributed by atoms with Gasteiger partial charge in [0.25, 0.3) is 0 Å². The van der Waals surface area contributed by atoms with Crippen LogP contribution in [0.3, 0.4) is 0 Å². The molecule has 2 atom stereocenters. The van der Waals surface area contributed by atoms with Gasteiger partial charge in [-0.2, -0.15) is 0 Å². The first-order valence-electron chi connectivity index (χ1n) is 9.35. The third kappa shape index (κ3) is 3.09. The Morgan fingerprint density at radius 2 is 2.15 bits per heavy atom. The molecule has 1 fully saturated rings. The highest BCUT2D eigenvalue weighted by molar-refractivity contribution is 7.18. The second-order valence-corrected chi connectivity index (χ2v) is 8.30. The van der Waals surface area contributed by atoms with E-state index in [0.29, 0.717) is 23.8 Å². The summed E-state index contributed by atoms with van der Waals surface area (Å²) in [5.74, 6) is 0.799. The molecule has 5 nitrogen and oxygen atoms in total. The molecule has 0 aliphatic carbocycles. The molecule has 2 aliphatic rings. The lowest BCUT2D eigenvalue weighted by molar-refractivity contribution is 0.0850. The number of benzene rings is 2. The van der Waals surface area contributed by atoms with E-state index in [1.165, 1.54) is 0 Å². The van der Waals surface area contributed by atoms with Gasteiger partial charge in [0.05, 0.1) is 22.2 Å². The summed E-state index contributed by atoms with van der Waals surface area (Å²) < 4.78 is 7.30. The van der Waals surface area contributed by atoms with Crippen LogP contribution in [0.2, 0.25) is 0 Å². The predicted octanol–water partition coefficient (Wildman–Crippen LogP) is 3.80. The largest absolute Gasteiger partial charge is 0.482 e. The summed E-state index contributed by atoms with van der Waals surface area (Å²) in [6, 6.07) is 14.5. The summed E-state index contributed by atoms with van der Waals surface area (Å²) in [5, 5.41) is 4.32. The molecule has 2 aromatic carbocycles. The number of Topliss-reactive ketones (excluding diaryl/α,β-unsaturated/α-hetero) is 1. The molecule has 0 spiro atoms. The van der Waals surface area contributed by atoms with E-state index < -0.39 is 0 Å². The molecule has 0 saturated carbocycles. The summed E-state index contributed by atoms with van der Waals surface area (Å²) in [7, 11) is 0. The van der Waals surface area contributed by atoms with Crippen LogP contribution in [0.25, 0.3) is 10.2 Å². The minimum absolute atomic E-state index is 0.130. The summed E-state index contributed by atoms with van der Waals surface area (Å²) in [5.41, 5.74) is 2.75. The Morgan fingerprint density at radius 3 is 3.00 bits per heavy atom. The first-order valence-corrected chi connectivity index (χ1v) is 10.2. The normalized spacial score (nSPS) is 22.6. The lowest BCUT2D eigenvalue weighted by atomic mass is 9.99. The third-order valence-corrected chi connectivity index (χ3v) is 6.35. The Morgan fingerprint density at radius 1 is 1.26 bits per heavy atom. The number of aromatic nitrogens is 1. The maximum Gasteiger partial charge on any atom is 0.170 e. The van der Waals surface area contributed by atoms with Gasteiger partial charge >= 0.3 is 0 Å². The number of para-hydroxylation sites is 1. The standard InChI is InChI=1S/C21H21N3O2S/c1-13-12-24(9-8-22-13)14-6-7-18-15(10-14)17(25)11-19(26-18)21-23-16-4-2-3-5-20(16)27-21/h2-7,10,13,19,22H,8-9,11-12H2,1H3/t13-,19?/m0/s1. The van der Waals surface area contributed by atoms with E-state index in [-0.39, 0.29) is 11.9 Å². The smallest absolute Gasteiger partial charge is 0.170 e. The molecule has 1 unspecified atom stereocenters. The summed E-state index contributed by atoms with van der Waals surface area (Å²) in [6.07, 6.45) is 0.0429. The molecule has 1 N–H and O–H groups in total. The second kappa shape index (κ2) is 6.62. The molecule has 0 bridgehead atoms. The number of hydrogen-bond acceptors (Lipinski definition) is 6. The van der Waals surface area contributed by atoms with Crippen molar-refractivity contribution in [1.29, 1.82) is 0 Å². The van der Waals surface area contributed by atoms with Crippen LogP contribution in [0.1, 0.15) is 34.8 Å². The van der Waals surface area contributed by atoms with Gasteiger partial charge in [0.1, 0.15) is 10.8 Å². The fraction of sp³-hybridized carbons (Fsp3) is 0.333. The number of carbonyl (C=O) groups is 1. The molecule has 6 heteroatoms. The molecule has 0 amide bonds. The molecule has 3 aromatic rings. The maximum absolute atomic E-state index is 12.8. The Labute approximate surface area is 162 Å². The van der Waals surface area contributed by atoms with E-state index >= 15 is 0 Å². The maximum atomic E-state index is 12.8. The zero-order valence-electron chi connectivity index (χ0n) is 15.1. The van der Waals surface area contributed by atoms with Crippen LogP contribution in [0.5, 0.6) is 5.75 Å². The molecule has 5 rings (SSSR count). The van der Waals surface area contributed by atoms with Gasteiger partial charge in [-0.25, -0.2) is 4.98 Å². The van der Waals surface area contributed by atoms with Gasteiger partial charge in [-0.3, -0.25) is 4.79 Å². The van der Waals surface area contributed by atoms with Gasteiger partial charge in [-0.15, -0.1) is 11.3 Å². The Kier molecular flexibility index (Phi) is 4.10. The number of anilines is 1. The van der Waals surface area contributed by atoms with Gasteiger partial charge in [0.2, 0.25) is 0 Å². The van der Waals surface area contributed by atoms with E-state index in [1.807, 2.05) is 30.3 Å². The molecule has 27 heavy (non-hydrogen) atoms. The van der Waals surface area contributed by atoms with Crippen LogP contribution in [0, 0.1) is 0 Å². The quantitative estimate of drug-likeness (QED) is 0.734. The van der Waals surface area contributed by atoms with Crippen LogP contribution in [-0.4, -0.2) is 36.4 Å². The topological polar surface area (TPSA) is 54.5 Å². The van der Waals surface area contributed by atoms with Crippen molar-refractivity contribution < 1.29 is 9.53 Å². The lowest BCUT2D eigenvalue weighted by Crippen LogP contribution is -2.49. The van der Waals surface area contributed by atoms with E-state index in [1.54, 1.807) is 11.3 Å². The van der Waals surface area contributed by atoms with Crippen LogP contribution < -0.4 is 15.0 Å². The number of piperazine rings is 1. The fourth-order valence-corrected chi connectivity index (χ4v) is 4.84. The Balaban J connectivity index is 1.43. The third-order valence-electron chi connectivity index (χ3n) is 5.22. The SMILES string of the molecule is C[C@H]1CN(c2ccc3c(c2)C(=O)CC(c2nc4ccccc4s2)O3)CCN1. The molecule has 2 aliphatic heterocycles. The van der Waals surface area contributed by atoms with Crippen molar-refractivity contribution >= 4 is 33.0 Å². The number of fused-ring (bicyclic) bond motifs is 2. The van der Waals surface area contributed by atoms with E-state index in [0.717, 1.165) is 40.5 Å². The van der Waals surface area contributed by atoms with Gasteiger partial charge in [-0.1, -0.05) is 12.1 Å². The minimum atomic E-state index is -0.299. The van der Waals surface area contributed by atoms with Crippen molar-refractivity contribution in [3.8, 4) is 5.75 Å². The molecular formula is C21H21N3O2S.